The molecule has 0 spiro atoms. The number of nitrogens with two attached hydrogens (primary N) is 1. The number of esters is 1. The number of hydrogen-bond acceptors (Lipinski definition) is 5. The quantitative estimate of drug-likeness (QED) is 0.825. The normalized spacial score (nSPS) is 11.4. The van der Waals surface area contributed by atoms with Crippen LogP contribution in [0.3, 0.4) is 0 Å². The lowest BCUT2D eigenvalue weighted by Gasteiger charge is -2.15. The summed E-state index contributed by atoms with van der Waals surface area (Å²) in [6.07, 6.45) is -1.17. The van der Waals surface area contributed by atoms with E-state index in [-0.39, 0.29) is 5.56 Å². The van der Waals surface area contributed by atoms with Gasteiger partial charge in [0, 0.05) is 11.6 Å². The van der Waals surface area contributed by atoms with Crippen molar-refractivity contribution in [3.05, 3.63) is 59.7 Å². The van der Waals surface area contributed by atoms with Crippen LogP contribution in [0.5, 0.6) is 11.5 Å². The second kappa shape index (κ2) is 7.31. The van der Waals surface area contributed by atoms with Gasteiger partial charge in [0.25, 0.3) is 5.91 Å². The Labute approximate surface area is 133 Å². The molecule has 0 radical (unpaired) electrons. The minimum absolute atomic E-state index is 0.198. The van der Waals surface area contributed by atoms with E-state index in [9.17, 15) is 9.59 Å². The Hall–Kier alpha value is -3.02. The van der Waals surface area contributed by atoms with Crippen molar-refractivity contribution in [2.24, 2.45) is 5.73 Å². The van der Waals surface area contributed by atoms with Crippen molar-refractivity contribution >= 4 is 11.9 Å². The minimum atomic E-state index is -1.17. The summed E-state index contributed by atoms with van der Waals surface area (Å²) in [4.78, 5) is 23.9. The molecule has 0 aromatic heterocycles. The van der Waals surface area contributed by atoms with Gasteiger partial charge in [-0.25, -0.2) is 4.79 Å². The van der Waals surface area contributed by atoms with Gasteiger partial charge in [0.15, 0.2) is 0 Å². The number of primary amides is 1. The van der Waals surface area contributed by atoms with E-state index < -0.39 is 18.0 Å². The van der Waals surface area contributed by atoms with Crippen LogP contribution in [-0.4, -0.2) is 26.1 Å². The fraction of sp³-hybridized carbons (Fsp3) is 0.176. The van der Waals surface area contributed by atoms with Gasteiger partial charge in [-0.15, -0.1) is 0 Å². The Kier molecular flexibility index (Phi) is 5.19. The van der Waals surface area contributed by atoms with Gasteiger partial charge in [-0.05, 0) is 12.1 Å². The van der Waals surface area contributed by atoms with Gasteiger partial charge in [-0.2, -0.15) is 0 Å². The molecule has 6 heteroatoms. The summed E-state index contributed by atoms with van der Waals surface area (Å²) < 4.78 is 15.5. The molecule has 2 N–H and O–H groups in total. The maximum atomic E-state index is 12.3. The van der Waals surface area contributed by atoms with Gasteiger partial charge in [-0.3, -0.25) is 4.79 Å². The summed E-state index contributed by atoms with van der Waals surface area (Å²) >= 11 is 0. The van der Waals surface area contributed by atoms with Crippen LogP contribution in [0, 0.1) is 0 Å². The Morgan fingerprint density at radius 2 is 1.52 bits per heavy atom. The smallest absolute Gasteiger partial charge is 0.339 e. The van der Waals surface area contributed by atoms with Gasteiger partial charge < -0.3 is 19.9 Å². The zero-order chi connectivity index (χ0) is 16.8. The third-order valence-corrected chi connectivity index (χ3v) is 3.17. The number of benzene rings is 2. The number of carbonyl (C=O) groups is 2. The van der Waals surface area contributed by atoms with E-state index in [0.29, 0.717) is 17.1 Å². The van der Waals surface area contributed by atoms with Crippen molar-refractivity contribution in [3.8, 4) is 11.5 Å². The molecule has 2 aromatic rings. The van der Waals surface area contributed by atoms with E-state index >= 15 is 0 Å². The van der Waals surface area contributed by atoms with Crippen LogP contribution >= 0.6 is 0 Å². The number of methoxy groups -OCH3 is 2. The first-order chi connectivity index (χ1) is 11.0. The van der Waals surface area contributed by atoms with Crippen LogP contribution in [0.4, 0.5) is 0 Å². The molecular weight excluding hydrogens is 298 g/mol. The maximum Gasteiger partial charge on any atom is 0.339 e. The van der Waals surface area contributed by atoms with E-state index in [1.807, 2.05) is 0 Å². The van der Waals surface area contributed by atoms with Crippen molar-refractivity contribution in [2.75, 3.05) is 14.2 Å². The largest absolute Gasteiger partial charge is 0.497 e. The van der Waals surface area contributed by atoms with Crippen molar-refractivity contribution in [1.82, 2.24) is 0 Å². The van der Waals surface area contributed by atoms with Gasteiger partial charge in [0.05, 0.1) is 19.8 Å². The highest BCUT2D eigenvalue weighted by molar-refractivity contribution is 5.93. The van der Waals surface area contributed by atoms with Gasteiger partial charge >= 0.3 is 5.97 Å². The minimum Gasteiger partial charge on any atom is -0.497 e. The molecule has 6 nitrogen and oxygen atoms in total. The Morgan fingerprint density at radius 3 is 2.00 bits per heavy atom. The highest BCUT2D eigenvalue weighted by Crippen LogP contribution is 2.25. The van der Waals surface area contributed by atoms with Gasteiger partial charge in [0.2, 0.25) is 6.10 Å². The standard InChI is InChI=1S/C17H17NO5/c1-21-13-8-12(9-14(10-13)22-2)17(20)23-15(16(18)19)11-6-4-3-5-7-11/h3-10,15H,1-2H3,(H2,18,19)/t15-/m0/s1. The Balaban J connectivity index is 2.27. The highest BCUT2D eigenvalue weighted by atomic mass is 16.5. The zero-order valence-electron chi connectivity index (χ0n) is 12.8. The number of amides is 1. The summed E-state index contributed by atoms with van der Waals surface area (Å²) in [5, 5.41) is 0. The van der Waals surface area contributed by atoms with E-state index in [1.165, 1.54) is 26.4 Å². The maximum absolute atomic E-state index is 12.3. The van der Waals surface area contributed by atoms with Crippen molar-refractivity contribution < 1.29 is 23.8 Å². The lowest BCUT2D eigenvalue weighted by atomic mass is 10.1. The first kappa shape index (κ1) is 16.4. The van der Waals surface area contributed by atoms with Crippen LogP contribution in [0.1, 0.15) is 22.0 Å². The van der Waals surface area contributed by atoms with E-state index in [1.54, 1.807) is 36.4 Å². The number of ether oxygens (including phenoxy) is 3. The van der Waals surface area contributed by atoms with E-state index in [4.69, 9.17) is 19.9 Å². The first-order valence-corrected chi connectivity index (χ1v) is 6.83. The first-order valence-electron chi connectivity index (χ1n) is 6.83. The summed E-state index contributed by atoms with van der Waals surface area (Å²) in [6.45, 7) is 0. The number of rotatable bonds is 6. The van der Waals surface area contributed by atoms with Crippen LogP contribution in [0.15, 0.2) is 48.5 Å². The third-order valence-electron chi connectivity index (χ3n) is 3.17. The van der Waals surface area contributed by atoms with Crippen molar-refractivity contribution in [3.63, 3.8) is 0 Å². The topological polar surface area (TPSA) is 87.8 Å². The summed E-state index contributed by atoms with van der Waals surface area (Å²) in [6, 6.07) is 13.2. The summed E-state index contributed by atoms with van der Waals surface area (Å²) in [5.74, 6) is -0.576. The van der Waals surface area contributed by atoms with Gasteiger partial charge in [0.1, 0.15) is 11.5 Å². The molecule has 0 aliphatic carbocycles. The molecule has 0 aliphatic heterocycles. The lowest BCUT2D eigenvalue weighted by molar-refractivity contribution is -0.127. The highest BCUT2D eigenvalue weighted by Gasteiger charge is 2.23. The fourth-order valence-electron chi connectivity index (χ4n) is 2.02. The molecular formula is C17H17NO5. The Bertz CT molecular complexity index is 677. The van der Waals surface area contributed by atoms with Crippen LogP contribution in [-0.2, 0) is 9.53 Å². The predicted octanol–water partition coefficient (Wildman–Crippen LogP) is 2.09. The molecule has 2 rings (SSSR count). The number of carbonyl (C=O) groups excluding carboxylic acids is 2. The average molecular weight is 315 g/mol. The molecule has 1 atom stereocenters. The molecule has 0 saturated carbocycles. The van der Waals surface area contributed by atoms with Crippen LogP contribution in [0.25, 0.3) is 0 Å². The molecule has 0 bridgehead atoms. The monoisotopic (exact) mass is 315 g/mol. The van der Waals surface area contributed by atoms with Gasteiger partial charge in [-0.1, -0.05) is 30.3 Å². The van der Waals surface area contributed by atoms with Crippen molar-refractivity contribution in [2.45, 2.75) is 6.10 Å². The van der Waals surface area contributed by atoms with Crippen molar-refractivity contribution in [1.29, 1.82) is 0 Å². The molecule has 1 amide bonds. The molecule has 0 unspecified atom stereocenters. The molecule has 23 heavy (non-hydrogen) atoms. The number of hydrogen-bond donors (Lipinski definition) is 1. The summed E-state index contributed by atoms with van der Waals surface area (Å²) in [7, 11) is 2.94. The third kappa shape index (κ3) is 4.00. The second-order valence-electron chi connectivity index (χ2n) is 4.70. The molecule has 0 fully saturated rings. The lowest BCUT2D eigenvalue weighted by Crippen LogP contribution is -2.26. The molecule has 120 valence electrons. The molecule has 0 saturated heterocycles. The SMILES string of the molecule is COc1cc(OC)cc(C(=O)O[C@H](C(N)=O)c2ccccc2)c1. The zero-order valence-corrected chi connectivity index (χ0v) is 12.8. The second-order valence-corrected chi connectivity index (χ2v) is 4.70. The Morgan fingerprint density at radius 1 is 0.957 bits per heavy atom. The fourth-order valence-corrected chi connectivity index (χ4v) is 2.02. The van der Waals surface area contributed by atoms with Crippen LogP contribution < -0.4 is 15.2 Å². The molecule has 2 aromatic carbocycles. The van der Waals surface area contributed by atoms with Crippen LogP contribution in [0.2, 0.25) is 0 Å². The van der Waals surface area contributed by atoms with E-state index in [2.05, 4.69) is 0 Å². The van der Waals surface area contributed by atoms with E-state index in [0.717, 1.165) is 0 Å². The average Bonchev–Trinajstić information content (AvgIpc) is 2.59. The predicted molar refractivity (Wildman–Crippen MR) is 83.3 cm³/mol. The summed E-state index contributed by atoms with van der Waals surface area (Å²) in [5.41, 5.74) is 6.04. The molecule has 0 heterocycles. The molecule has 0 aliphatic rings.